The van der Waals surface area contributed by atoms with Gasteiger partial charge in [-0.15, -0.1) is 23.2 Å². The number of rotatable bonds is 9. The van der Waals surface area contributed by atoms with Crippen molar-refractivity contribution in [2.24, 2.45) is 0 Å². The zero-order chi connectivity index (χ0) is 15.0. The lowest BCUT2D eigenvalue weighted by Gasteiger charge is -2.20. The van der Waals surface area contributed by atoms with Crippen LogP contribution in [-0.2, 0) is 6.54 Å². The molecule has 5 nitrogen and oxygen atoms in total. The van der Waals surface area contributed by atoms with E-state index in [9.17, 15) is 10.1 Å². The largest absolute Gasteiger partial charge is 0.487 e. The predicted octanol–water partition coefficient (Wildman–Crippen LogP) is 3.27. The van der Waals surface area contributed by atoms with Gasteiger partial charge < -0.3 is 4.74 Å². The van der Waals surface area contributed by atoms with Crippen LogP contribution < -0.4 is 4.74 Å². The molecule has 112 valence electrons. The Bertz CT molecular complexity index is 438. The third-order valence-corrected chi connectivity index (χ3v) is 3.07. The molecule has 0 saturated heterocycles. The molecule has 0 spiro atoms. The number of nitro benzene ring substituents is 1. The third-order valence-electron chi connectivity index (χ3n) is 2.73. The average Bonchev–Trinajstić information content (AvgIpc) is 2.41. The van der Waals surface area contributed by atoms with Gasteiger partial charge in [0.25, 0.3) is 0 Å². The molecule has 0 atom stereocenters. The van der Waals surface area contributed by atoms with Gasteiger partial charge in [-0.2, -0.15) is 0 Å². The Morgan fingerprint density at radius 1 is 1.30 bits per heavy atom. The molecule has 7 heteroatoms. The average molecular weight is 321 g/mol. The summed E-state index contributed by atoms with van der Waals surface area (Å²) in [6.07, 6.45) is 0. The van der Waals surface area contributed by atoms with Crippen LogP contribution in [0.15, 0.2) is 18.2 Å². The number of alkyl halides is 2. The summed E-state index contributed by atoms with van der Waals surface area (Å²) in [5.74, 6) is 1.29. The van der Waals surface area contributed by atoms with E-state index >= 15 is 0 Å². The van der Waals surface area contributed by atoms with Crippen molar-refractivity contribution in [1.82, 2.24) is 4.90 Å². The van der Waals surface area contributed by atoms with Gasteiger partial charge in [0, 0.05) is 37.5 Å². The van der Waals surface area contributed by atoms with Crippen LogP contribution in [0, 0.1) is 10.1 Å². The Balaban J connectivity index is 2.89. The van der Waals surface area contributed by atoms with Crippen LogP contribution in [0.5, 0.6) is 5.75 Å². The molecule has 0 fully saturated rings. The molecule has 0 aliphatic heterocycles. The van der Waals surface area contributed by atoms with Crippen molar-refractivity contribution in [3.63, 3.8) is 0 Å². The van der Waals surface area contributed by atoms with Crippen molar-refractivity contribution in [2.45, 2.75) is 13.5 Å². The summed E-state index contributed by atoms with van der Waals surface area (Å²) in [4.78, 5) is 12.7. The van der Waals surface area contributed by atoms with Crippen molar-refractivity contribution < 1.29 is 9.66 Å². The second-order valence-electron chi connectivity index (χ2n) is 4.15. The van der Waals surface area contributed by atoms with E-state index in [0.29, 0.717) is 43.8 Å². The molecule has 0 N–H and O–H groups in total. The van der Waals surface area contributed by atoms with Crippen molar-refractivity contribution in [2.75, 3.05) is 31.5 Å². The van der Waals surface area contributed by atoms with Crippen LogP contribution in [0.25, 0.3) is 0 Å². The van der Waals surface area contributed by atoms with E-state index in [1.54, 1.807) is 19.1 Å². The Kier molecular flexibility index (Phi) is 7.65. The Labute approximate surface area is 128 Å². The lowest BCUT2D eigenvalue weighted by Crippen LogP contribution is -2.27. The molecular weight excluding hydrogens is 303 g/mol. The molecule has 0 aromatic heterocycles. The van der Waals surface area contributed by atoms with Gasteiger partial charge in [-0.05, 0) is 18.6 Å². The van der Waals surface area contributed by atoms with Gasteiger partial charge in [-0.25, -0.2) is 0 Å². The van der Waals surface area contributed by atoms with E-state index in [0.717, 1.165) is 5.56 Å². The third kappa shape index (κ3) is 5.15. The quantitative estimate of drug-likeness (QED) is 0.398. The van der Waals surface area contributed by atoms with E-state index in [4.69, 9.17) is 27.9 Å². The topological polar surface area (TPSA) is 55.6 Å². The summed E-state index contributed by atoms with van der Waals surface area (Å²) in [7, 11) is 0. The van der Waals surface area contributed by atoms with E-state index < -0.39 is 4.92 Å². The van der Waals surface area contributed by atoms with E-state index in [1.807, 2.05) is 6.07 Å². The summed E-state index contributed by atoms with van der Waals surface area (Å²) in [5.41, 5.74) is 0.830. The van der Waals surface area contributed by atoms with Crippen LogP contribution >= 0.6 is 23.2 Å². The van der Waals surface area contributed by atoms with Gasteiger partial charge in [0.05, 0.1) is 11.5 Å². The second kappa shape index (κ2) is 9.00. The van der Waals surface area contributed by atoms with Gasteiger partial charge in [-0.1, -0.05) is 6.07 Å². The van der Waals surface area contributed by atoms with Crippen LogP contribution in [0.3, 0.4) is 0 Å². The Hall–Kier alpha value is -1.04. The highest BCUT2D eigenvalue weighted by molar-refractivity contribution is 6.18. The molecule has 0 amide bonds. The smallest absolute Gasteiger partial charge is 0.311 e. The van der Waals surface area contributed by atoms with E-state index in [2.05, 4.69) is 4.90 Å². The summed E-state index contributed by atoms with van der Waals surface area (Å²) in [6.45, 7) is 4.14. The molecule has 0 aliphatic carbocycles. The fraction of sp³-hybridized carbons (Fsp3) is 0.538. The van der Waals surface area contributed by atoms with Crippen LogP contribution in [0.2, 0.25) is 0 Å². The Morgan fingerprint density at radius 2 is 1.95 bits per heavy atom. The molecule has 0 radical (unpaired) electrons. The normalized spacial score (nSPS) is 10.8. The minimum Gasteiger partial charge on any atom is -0.487 e. The number of ether oxygens (including phenoxy) is 1. The second-order valence-corrected chi connectivity index (χ2v) is 4.90. The maximum absolute atomic E-state index is 11.1. The fourth-order valence-corrected chi connectivity index (χ4v) is 2.33. The minimum absolute atomic E-state index is 0.0129. The first-order valence-electron chi connectivity index (χ1n) is 6.36. The number of halogens is 2. The standard InChI is InChI=1S/C13H18Cl2N2O3/c1-2-20-13-4-3-11(9-12(13)17(18)19)10-16(7-5-14)8-6-15/h3-4,9H,2,5-8,10H2,1H3. The van der Waals surface area contributed by atoms with Gasteiger partial charge in [-0.3, -0.25) is 15.0 Å². The van der Waals surface area contributed by atoms with Crippen molar-refractivity contribution >= 4 is 28.9 Å². The fourth-order valence-electron chi connectivity index (χ4n) is 1.85. The molecule has 20 heavy (non-hydrogen) atoms. The molecule has 1 rings (SSSR count). The number of hydrogen-bond donors (Lipinski definition) is 0. The molecule has 0 saturated carbocycles. The van der Waals surface area contributed by atoms with Crippen molar-refractivity contribution in [1.29, 1.82) is 0 Å². The maximum Gasteiger partial charge on any atom is 0.311 e. The first-order chi connectivity index (χ1) is 9.62. The SMILES string of the molecule is CCOc1ccc(CN(CCCl)CCCl)cc1[N+](=O)[O-]. The van der Waals surface area contributed by atoms with Crippen molar-refractivity contribution in [3.05, 3.63) is 33.9 Å². The highest BCUT2D eigenvalue weighted by Crippen LogP contribution is 2.28. The number of nitrogens with zero attached hydrogens (tertiary/aromatic N) is 2. The molecule has 0 heterocycles. The lowest BCUT2D eigenvalue weighted by atomic mass is 10.1. The van der Waals surface area contributed by atoms with Crippen molar-refractivity contribution in [3.8, 4) is 5.75 Å². The Morgan fingerprint density at radius 3 is 2.45 bits per heavy atom. The molecule has 1 aromatic carbocycles. The van der Waals surface area contributed by atoms with Crippen LogP contribution in [0.4, 0.5) is 5.69 Å². The van der Waals surface area contributed by atoms with Crippen LogP contribution in [-0.4, -0.2) is 41.3 Å². The summed E-state index contributed by atoms with van der Waals surface area (Å²) < 4.78 is 5.26. The number of benzene rings is 1. The van der Waals surface area contributed by atoms with E-state index in [1.165, 1.54) is 0 Å². The zero-order valence-electron chi connectivity index (χ0n) is 11.3. The first kappa shape index (κ1) is 17.0. The van der Waals surface area contributed by atoms with Gasteiger partial charge in [0.1, 0.15) is 0 Å². The molecule has 0 unspecified atom stereocenters. The van der Waals surface area contributed by atoms with Gasteiger partial charge >= 0.3 is 5.69 Å². The first-order valence-corrected chi connectivity index (χ1v) is 7.43. The van der Waals surface area contributed by atoms with E-state index in [-0.39, 0.29) is 5.69 Å². The summed E-state index contributed by atoms with van der Waals surface area (Å²) >= 11 is 11.5. The number of hydrogen-bond acceptors (Lipinski definition) is 4. The molecule has 0 bridgehead atoms. The molecular formula is C13H18Cl2N2O3. The lowest BCUT2D eigenvalue weighted by molar-refractivity contribution is -0.385. The number of nitro groups is 1. The van der Waals surface area contributed by atoms with Gasteiger partial charge in [0.15, 0.2) is 5.75 Å². The monoisotopic (exact) mass is 320 g/mol. The molecule has 0 aliphatic rings. The highest BCUT2D eigenvalue weighted by Gasteiger charge is 2.16. The highest BCUT2D eigenvalue weighted by atomic mass is 35.5. The van der Waals surface area contributed by atoms with Crippen LogP contribution in [0.1, 0.15) is 12.5 Å². The zero-order valence-corrected chi connectivity index (χ0v) is 12.9. The molecule has 1 aromatic rings. The maximum atomic E-state index is 11.1. The summed E-state index contributed by atoms with van der Waals surface area (Å²) in [5, 5.41) is 11.1. The summed E-state index contributed by atoms with van der Waals surface area (Å²) in [6, 6.07) is 5.00. The minimum atomic E-state index is -0.429. The predicted molar refractivity (Wildman–Crippen MR) is 81.0 cm³/mol. The van der Waals surface area contributed by atoms with Gasteiger partial charge in [0.2, 0.25) is 0 Å².